The number of piperazine rings is 1. The number of benzene rings is 1. The van der Waals surface area contributed by atoms with Gasteiger partial charge in [-0.3, -0.25) is 4.79 Å². The molecule has 2 aromatic heterocycles. The van der Waals surface area contributed by atoms with Crippen molar-refractivity contribution in [2.24, 2.45) is 0 Å². The van der Waals surface area contributed by atoms with Gasteiger partial charge in [0.15, 0.2) is 11.5 Å². The molecule has 1 amide bonds. The van der Waals surface area contributed by atoms with Crippen LogP contribution in [-0.2, 0) is 4.79 Å². The topological polar surface area (TPSA) is 93.8 Å². The third-order valence-corrected chi connectivity index (χ3v) is 5.67. The number of aromatic nitrogens is 3. The molecule has 33 heavy (non-hydrogen) atoms. The maximum absolute atomic E-state index is 12.6. The van der Waals surface area contributed by atoms with E-state index < -0.39 is 0 Å². The summed E-state index contributed by atoms with van der Waals surface area (Å²) in [6.45, 7) is 6.96. The smallest absolute Gasteiger partial charge is 0.246 e. The fourth-order valence-electron chi connectivity index (χ4n) is 3.74. The molecular weight excluding hydrogens is 422 g/mol. The summed E-state index contributed by atoms with van der Waals surface area (Å²) in [5.74, 6) is 3.64. The summed E-state index contributed by atoms with van der Waals surface area (Å²) in [4.78, 5) is 25.6. The van der Waals surface area contributed by atoms with E-state index in [1.807, 2.05) is 49.1 Å². The van der Waals surface area contributed by atoms with E-state index in [0.717, 1.165) is 35.8 Å². The third kappa shape index (κ3) is 4.52. The molecule has 170 valence electrons. The molecular formula is C24H25N5O4. The van der Waals surface area contributed by atoms with Gasteiger partial charge in [0, 0.05) is 49.9 Å². The summed E-state index contributed by atoms with van der Waals surface area (Å²) in [6, 6.07) is 9.53. The predicted molar refractivity (Wildman–Crippen MR) is 122 cm³/mol. The Hall–Kier alpha value is -3.88. The minimum Gasteiger partial charge on any atom is -0.454 e. The number of carbonyl (C=O) groups is 1. The molecule has 0 bridgehead atoms. The Bertz CT molecular complexity index is 1160. The van der Waals surface area contributed by atoms with Gasteiger partial charge in [-0.25, -0.2) is 4.98 Å². The standard InChI is InChI=1S/C24H25N5O4/c1-16(2)24-26-23(27-33-24)18-5-7-21(25-14-18)28-9-11-29(12-10-28)22(30)8-4-17-3-6-19-20(13-17)32-15-31-19/h3-8,13-14,16H,9-12,15H2,1-2H3/b8-4-. The second-order valence-corrected chi connectivity index (χ2v) is 8.27. The first-order valence-electron chi connectivity index (χ1n) is 11.0. The van der Waals surface area contributed by atoms with Crippen molar-refractivity contribution >= 4 is 17.8 Å². The van der Waals surface area contributed by atoms with Crippen molar-refractivity contribution in [1.29, 1.82) is 0 Å². The van der Waals surface area contributed by atoms with Crippen LogP contribution in [0.5, 0.6) is 11.5 Å². The van der Waals surface area contributed by atoms with Gasteiger partial charge in [-0.05, 0) is 35.9 Å². The van der Waals surface area contributed by atoms with Crippen LogP contribution >= 0.6 is 0 Å². The van der Waals surface area contributed by atoms with Crippen LogP contribution in [-0.4, -0.2) is 58.9 Å². The number of rotatable bonds is 5. The molecule has 0 spiro atoms. The quantitative estimate of drug-likeness (QED) is 0.550. The van der Waals surface area contributed by atoms with Gasteiger partial charge in [-0.1, -0.05) is 25.1 Å². The van der Waals surface area contributed by atoms with Crippen molar-refractivity contribution in [1.82, 2.24) is 20.0 Å². The summed E-state index contributed by atoms with van der Waals surface area (Å²) in [5, 5.41) is 4.03. The van der Waals surface area contributed by atoms with Crippen molar-refractivity contribution in [3.63, 3.8) is 0 Å². The number of carbonyl (C=O) groups excluding carboxylic acids is 1. The molecule has 1 saturated heterocycles. The molecule has 1 fully saturated rings. The lowest BCUT2D eigenvalue weighted by Gasteiger charge is -2.35. The van der Waals surface area contributed by atoms with Crippen molar-refractivity contribution < 1.29 is 18.8 Å². The van der Waals surface area contributed by atoms with Crippen LogP contribution in [0.15, 0.2) is 47.1 Å². The molecule has 2 aliphatic heterocycles. The summed E-state index contributed by atoms with van der Waals surface area (Å²) in [6.07, 6.45) is 5.17. The van der Waals surface area contributed by atoms with Gasteiger partial charge < -0.3 is 23.8 Å². The lowest BCUT2D eigenvalue weighted by molar-refractivity contribution is -0.126. The Kier molecular flexibility index (Phi) is 5.68. The number of ether oxygens (including phenoxy) is 2. The SMILES string of the molecule is CC(C)c1nc(-c2ccc(N3CCN(C(=O)/C=C\c4ccc5c(c4)OCO5)CC3)nc2)no1. The largest absolute Gasteiger partial charge is 0.454 e. The van der Waals surface area contributed by atoms with Crippen LogP contribution in [0.3, 0.4) is 0 Å². The summed E-state index contributed by atoms with van der Waals surface area (Å²) in [7, 11) is 0. The molecule has 5 rings (SSSR count). The van der Waals surface area contributed by atoms with Crippen molar-refractivity contribution in [3.8, 4) is 22.9 Å². The van der Waals surface area contributed by atoms with Crippen LogP contribution in [0, 0.1) is 0 Å². The predicted octanol–water partition coefficient (Wildman–Crippen LogP) is 3.35. The van der Waals surface area contributed by atoms with E-state index in [0.29, 0.717) is 30.6 Å². The Morgan fingerprint density at radius 1 is 1.06 bits per heavy atom. The highest BCUT2D eigenvalue weighted by molar-refractivity contribution is 5.92. The van der Waals surface area contributed by atoms with Crippen molar-refractivity contribution in [2.75, 3.05) is 37.9 Å². The van der Waals surface area contributed by atoms with Crippen LogP contribution in [0.25, 0.3) is 17.5 Å². The highest BCUT2D eigenvalue weighted by Crippen LogP contribution is 2.32. The van der Waals surface area contributed by atoms with Gasteiger partial charge in [-0.2, -0.15) is 4.98 Å². The molecule has 9 heteroatoms. The molecule has 0 aliphatic carbocycles. The zero-order valence-electron chi connectivity index (χ0n) is 18.6. The second kappa shape index (κ2) is 8.93. The van der Waals surface area contributed by atoms with Gasteiger partial charge in [0.2, 0.25) is 24.4 Å². The van der Waals surface area contributed by atoms with Crippen LogP contribution < -0.4 is 14.4 Å². The average Bonchev–Trinajstić information content (AvgIpc) is 3.52. The minimum absolute atomic E-state index is 0.00585. The van der Waals surface area contributed by atoms with Crippen LogP contribution in [0.4, 0.5) is 5.82 Å². The molecule has 2 aliphatic rings. The van der Waals surface area contributed by atoms with Gasteiger partial charge in [0.1, 0.15) is 5.82 Å². The number of nitrogens with zero attached hydrogens (tertiary/aromatic N) is 5. The Morgan fingerprint density at radius 2 is 1.88 bits per heavy atom. The highest BCUT2D eigenvalue weighted by atomic mass is 16.7. The monoisotopic (exact) mass is 447 g/mol. The molecule has 9 nitrogen and oxygen atoms in total. The van der Waals surface area contributed by atoms with E-state index in [1.165, 1.54) is 0 Å². The number of fused-ring (bicyclic) bond motifs is 1. The maximum atomic E-state index is 12.6. The number of hydrogen-bond donors (Lipinski definition) is 0. The lowest BCUT2D eigenvalue weighted by atomic mass is 10.2. The number of anilines is 1. The van der Waals surface area contributed by atoms with Crippen molar-refractivity contribution in [2.45, 2.75) is 19.8 Å². The van der Waals surface area contributed by atoms with Crippen LogP contribution in [0.2, 0.25) is 0 Å². The highest BCUT2D eigenvalue weighted by Gasteiger charge is 2.21. The Labute approximate surface area is 191 Å². The molecule has 0 saturated carbocycles. The first-order chi connectivity index (χ1) is 16.1. The van der Waals surface area contributed by atoms with Gasteiger partial charge >= 0.3 is 0 Å². The Balaban J connectivity index is 1.16. The van der Waals surface area contributed by atoms with Crippen molar-refractivity contribution in [3.05, 3.63) is 54.1 Å². The number of hydrogen-bond acceptors (Lipinski definition) is 8. The normalized spacial score (nSPS) is 15.6. The molecule has 3 aromatic rings. The third-order valence-electron chi connectivity index (χ3n) is 5.67. The van der Waals surface area contributed by atoms with E-state index in [1.54, 1.807) is 18.3 Å². The van der Waals surface area contributed by atoms with E-state index >= 15 is 0 Å². The number of amides is 1. The second-order valence-electron chi connectivity index (χ2n) is 8.27. The van der Waals surface area contributed by atoms with Crippen LogP contribution in [0.1, 0.15) is 31.2 Å². The van der Waals surface area contributed by atoms with Gasteiger partial charge in [0.05, 0.1) is 0 Å². The van der Waals surface area contributed by atoms with E-state index in [-0.39, 0.29) is 18.6 Å². The van der Waals surface area contributed by atoms with Gasteiger partial charge in [0.25, 0.3) is 0 Å². The zero-order chi connectivity index (χ0) is 22.8. The maximum Gasteiger partial charge on any atom is 0.246 e. The fraction of sp³-hybridized carbons (Fsp3) is 0.333. The van der Waals surface area contributed by atoms with E-state index in [4.69, 9.17) is 14.0 Å². The summed E-state index contributed by atoms with van der Waals surface area (Å²) < 4.78 is 16.0. The van der Waals surface area contributed by atoms with Gasteiger partial charge in [-0.15, -0.1) is 0 Å². The summed E-state index contributed by atoms with van der Waals surface area (Å²) in [5.41, 5.74) is 1.72. The average molecular weight is 447 g/mol. The number of pyridine rings is 1. The molecule has 0 unspecified atom stereocenters. The summed E-state index contributed by atoms with van der Waals surface area (Å²) >= 11 is 0. The van der Waals surface area contributed by atoms with E-state index in [9.17, 15) is 4.79 Å². The Morgan fingerprint density at radius 3 is 2.61 bits per heavy atom. The minimum atomic E-state index is -0.00585. The molecule has 0 radical (unpaired) electrons. The molecule has 0 atom stereocenters. The molecule has 4 heterocycles. The first-order valence-corrected chi connectivity index (χ1v) is 11.0. The lowest BCUT2D eigenvalue weighted by Crippen LogP contribution is -2.48. The first kappa shape index (κ1) is 21.0. The van der Waals surface area contributed by atoms with E-state index in [2.05, 4.69) is 20.0 Å². The molecule has 0 N–H and O–H groups in total. The zero-order valence-corrected chi connectivity index (χ0v) is 18.6. The fourth-order valence-corrected chi connectivity index (χ4v) is 3.74. The molecule has 1 aromatic carbocycles.